The van der Waals surface area contributed by atoms with Crippen molar-refractivity contribution in [3.8, 4) is 0 Å². The van der Waals surface area contributed by atoms with Gasteiger partial charge in [0, 0.05) is 24.7 Å². The van der Waals surface area contributed by atoms with E-state index in [1.54, 1.807) is 36.4 Å². The molecule has 1 unspecified atom stereocenters. The first-order valence-electron chi connectivity index (χ1n) is 15.4. The summed E-state index contributed by atoms with van der Waals surface area (Å²) in [4.78, 5) is 46.9. The van der Waals surface area contributed by atoms with E-state index in [1.165, 1.54) is 19.3 Å². The Morgan fingerprint density at radius 1 is 0.935 bits per heavy atom. The first kappa shape index (κ1) is 32.4. The average molecular weight is 643 g/mol. The van der Waals surface area contributed by atoms with E-state index in [0.29, 0.717) is 29.8 Å². The van der Waals surface area contributed by atoms with Crippen LogP contribution in [-0.4, -0.2) is 61.7 Å². The van der Waals surface area contributed by atoms with Crippen molar-refractivity contribution in [2.24, 2.45) is 0 Å². The van der Waals surface area contributed by atoms with Gasteiger partial charge in [-0.15, -0.1) is 0 Å². The van der Waals surface area contributed by atoms with Crippen molar-refractivity contribution in [2.75, 3.05) is 6.54 Å². The van der Waals surface area contributed by atoms with Crippen LogP contribution in [0.25, 0.3) is 11.0 Å². The summed E-state index contributed by atoms with van der Waals surface area (Å²) in [5, 5.41) is 18.6. The molecule has 1 heterocycles. The number of H-pyrrole nitrogens is 1. The van der Waals surface area contributed by atoms with Gasteiger partial charge in [0.1, 0.15) is 18.5 Å². The van der Waals surface area contributed by atoms with Crippen LogP contribution in [0, 0.1) is 0 Å². The number of carboxylic acid groups (broad SMARTS) is 1. The number of nitrogens with zero attached hydrogens (tertiary/aromatic N) is 2. The molecular weight excluding hydrogens is 604 g/mol. The third-order valence-corrected chi connectivity index (χ3v) is 8.23. The lowest BCUT2D eigenvalue weighted by molar-refractivity contribution is -0.139. The van der Waals surface area contributed by atoms with E-state index in [9.17, 15) is 19.5 Å². The molecule has 12 heteroatoms. The maximum absolute atomic E-state index is 12.9. The van der Waals surface area contributed by atoms with Gasteiger partial charge >= 0.3 is 12.1 Å². The highest BCUT2D eigenvalue weighted by Crippen LogP contribution is 2.19. The van der Waals surface area contributed by atoms with Crippen molar-refractivity contribution in [1.82, 2.24) is 30.8 Å². The summed E-state index contributed by atoms with van der Waals surface area (Å²) in [6.07, 6.45) is 4.93. The maximum Gasteiger partial charge on any atom is 0.408 e. The number of carbonyl (C=O) groups excluding carboxylic acids is 2. The number of nitrogens with one attached hydrogen (secondary N) is 4. The van der Waals surface area contributed by atoms with Gasteiger partial charge in [-0.3, -0.25) is 4.79 Å². The van der Waals surface area contributed by atoms with Gasteiger partial charge in [-0.2, -0.15) is 0 Å². The molecule has 3 aromatic carbocycles. The second-order valence-electron chi connectivity index (χ2n) is 11.3. The lowest BCUT2D eigenvalue weighted by atomic mass is 9.96. The van der Waals surface area contributed by atoms with E-state index < -0.39 is 24.0 Å². The third kappa shape index (κ3) is 9.27. The molecule has 1 aliphatic rings. The number of aromatic nitrogens is 2. The van der Waals surface area contributed by atoms with E-state index in [2.05, 4.69) is 25.8 Å². The molecule has 0 aliphatic heterocycles. The maximum atomic E-state index is 12.9. The standard InChI is InChI=1S/C34H38N6O5S/c41-31(35-19-29(32(42)43)39-34(44)45-22-24-9-3-1-4-10-24)25-17-15-23(16-18-25)20-40(33(46)36-26-11-5-2-6-12-26)21-30-37-27-13-7-8-14-28(27)38-30/h1,3-4,7-10,13-18,26,29H,2,5-6,11-12,19-22H2,(H,35,41)(H,36,46)(H,37,38)(H,39,44)(H,42,43). The monoisotopic (exact) mass is 642 g/mol. The minimum Gasteiger partial charge on any atom is -0.480 e. The number of para-hydroxylation sites is 2. The molecular formula is C34H38N6O5S. The number of carboxylic acids is 1. The molecule has 1 atom stereocenters. The number of hydrogen-bond acceptors (Lipinski definition) is 6. The topological polar surface area (TPSA) is 149 Å². The first-order valence-corrected chi connectivity index (χ1v) is 15.8. The van der Waals surface area contributed by atoms with Crippen molar-refractivity contribution in [1.29, 1.82) is 0 Å². The number of hydrogen-bond donors (Lipinski definition) is 5. The zero-order valence-electron chi connectivity index (χ0n) is 25.4. The number of imidazole rings is 1. The molecule has 240 valence electrons. The number of amides is 2. The highest BCUT2D eigenvalue weighted by Gasteiger charge is 2.23. The Labute approximate surface area is 272 Å². The van der Waals surface area contributed by atoms with Crippen molar-refractivity contribution in [3.63, 3.8) is 0 Å². The molecule has 1 saturated carbocycles. The molecule has 5 N–H and O–H groups in total. The summed E-state index contributed by atoms with van der Waals surface area (Å²) in [6, 6.07) is 22.9. The summed E-state index contributed by atoms with van der Waals surface area (Å²) in [5.41, 5.74) is 3.91. The molecule has 0 radical (unpaired) electrons. The lowest BCUT2D eigenvalue weighted by Gasteiger charge is -2.30. The van der Waals surface area contributed by atoms with E-state index in [-0.39, 0.29) is 13.2 Å². The third-order valence-electron chi connectivity index (χ3n) is 7.86. The summed E-state index contributed by atoms with van der Waals surface area (Å²) in [5.74, 6) is -0.962. The minimum atomic E-state index is -1.36. The quantitative estimate of drug-likeness (QED) is 0.136. The number of fused-ring (bicyclic) bond motifs is 1. The fraction of sp³-hybridized carbons (Fsp3) is 0.324. The van der Waals surface area contributed by atoms with Crippen LogP contribution in [0.4, 0.5) is 4.79 Å². The second kappa shape index (κ2) is 15.8. The van der Waals surface area contributed by atoms with Crippen LogP contribution in [0.15, 0.2) is 78.9 Å². The molecule has 0 saturated heterocycles. The SMILES string of the molecule is O=C(NC(CNC(=O)c1ccc(CN(Cc2nc3ccccc3[nH]2)C(=S)NC2CCCCC2)cc1)C(=O)O)OCc1ccccc1. The van der Waals surface area contributed by atoms with Crippen LogP contribution >= 0.6 is 12.2 Å². The highest BCUT2D eigenvalue weighted by atomic mass is 32.1. The molecule has 0 bridgehead atoms. The van der Waals surface area contributed by atoms with Gasteiger partial charge in [-0.1, -0.05) is 73.9 Å². The van der Waals surface area contributed by atoms with Crippen molar-refractivity contribution >= 4 is 46.3 Å². The van der Waals surface area contributed by atoms with Gasteiger partial charge in [-0.05, 0) is 60.5 Å². The molecule has 4 aromatic rings. The van der Waals surface area contributed by atoms with E-state index >= 15 is 0 Å². The number of thiocarbonyl (C=S) groups is 1. The van der Waals surface area contributed by atoms with Gasteiger partial charge in [0.05, 0.1) is 17.6 Å². The largest absolute Gasteiger partial charge is 0.480 e. The van der Waals surface area contributed by atoms with Crippen LogP contribution < -0.4 is 16.0 Å². The molecule has 1 aromatic heterocycles. The van der Waals surface area contributed by atoms with Crippen LogP contribution in [-0.2, 0) is 29.2 Å². The number of ether oxygens (including phenoxy) is 1. The fourth-order valence-electron chi connectivity index (χ4n) is 5.36. The molecule has 2 amide bonds. The fourth-order valence-corrected chi connectivity index (χ4v) is 5.66. The summed E-state index contributed by atoms with van der Waals surface area (Å²) < 4.78 is 5.11. The number of alkyl carbamates (subject to hydrolysis) is 1. The normalized spacial score (nSPS) is 13.8. The lowest BCUT2D eigenvalue weighted by Crippen LogP contribution is -2.48. The number of rotatable bonds is 12. The Kier molecular flexibility index (Phi) is 11.2. The van der Waals surface area contributed by atoms with Gasteiger partial charge in [0.15, 0.2) is 5.11 Å². The Bertz CT molecular complexity index is 1610. The highest BCUT2D eigenvalue weighted by molar-refractivity contribution is 7.80. The smallest absolute Gasteiger partial charge is 0.408 e. The predicted octanol–water partition coefficient (Wildman–Crippen LogP) is 4.88. The van der Waals surface area contributed by atoms with Gasteiger partial charge < -0.3 is 35.7 Å². The van der Waals surface area contributed by atoms with Crippen molar-refractivity contribution in [2.45, 2.75) is 63.9 Å². The Morgan fingerprint density at radius 3 is 2.37 bits per heavy atom. The molecule has 1 fully saturated rings. The van der Waals surface area contributed by atoms with E-state index in [4.69, 9.17) is 21.9 Å². The number of carbonyl (C=O) groups is 3. The van der Waals surface area contributed by atoms with Crippen LogP contribution in [0.2, 0.25) is 0 Å². The zero-order valence-corrected chi connectivity index (χ0v) is 26.2. The van der Waals surface area contributed by atoms with Gasteiger partial charge in [-0.25, -0.2) is 14.6 Å². The summed E-state index contributed by atoms with van der Waals surface area (Å²) in [7, 11) is 0. The summed E-state index contributed by atoms with van der Waals surface area (Å²) in [6.45, 7) is 0.651. The minimum absolute atomic E-state index is 0.00517. The molecule has 5 rings (SSSR count). The zero-order chi connectivity index (χ0) is 32.3. The Morgan fingerprint density at radius 2 is 1.65 bits per heavy atom. The molecule has 46 heavy (non-hydrogen) atoms. The molecule has 11 nitrogen and oxygen atoms in total. The predicted molar refractivity (Wildman–Crippen MR) is 178 cm³/mol. The number of benzene rings is 3. The average Bonchev–Trinajstić information content (AvgIpc) is 3.49. The van der Waals surface area contributed by atoms with Crippen LogP contribution in [0.5, 0.6) is 0 Å². The Hall–Kier alpha value is -4.97. The molecule has 1 aliphatic carbocycles. The molecule has 0 spiro atoms. The van der Waals surface area contributed by atoms with Gasteiger partial charge in [0.25, 0.3) is 5.91 Å². The van der Waals surface area contributed by atoms with Crippen molar-refractivity contribution in [3.05, 3.63) is 101 Å². The first-order chi connectivity index (χ1) is 22.3. The van der Waals surface area contributed by atoms with Crippen LogP contribution in [0.1, 0.15) is 59.4 Å². The van der Waals surface area contributed by atoms with E-state index in [1.807, 2.05) is 42.5 Å². The summed E-state index contributed by atoms with van der Waals surface area (Å²) >= 11 is 5.88. The van der Waals surface area contributed by atoms with Crippen LogP contribution in [0.3, 0.4) is 0 Å². The van der Waals surface area contributed by atoms with Gasteiger partial charge in [0.2, 0.25) is 0 Å². The van der Waals surface area contributed by atoms with E-state index in [0.717, 1.165) is 40.8 Å². The number of aliphatic carboxylic acids is 1. The number of aromatic amines is 1. The Balaban J connectivity index is 1.18. The van der Waals surface area contributed by atoms with Crippen molar-refractivity contribution < 1.29 is 24.2 Å². The second-order valence-corrected chi connectivity index (χ2v) is 11.7.